The van der Waals surface area contributed by atoms with Crippen molar-refractivity contribution in [3.05, 3.63) is 63.5 Å². The maximum Gasteiger partial charge on any atom is 0.304 e. The van der Waals surface area contributed by atoms with Gasteiger partial charge in [0.15, 0.2) is 0 Å². The molecule has 21 heavy (non-hydrogen) atoms. The second-order valence-corrected chi connectivity index (χ2v) is 4.44. The molecule has 0 aliphatic carbocycles. The molecule has 108 valence electrons. The summed E-state index contributed by atoms with van der Waals surface area (Å²) in [5.74, 6) is -1.41. The Hall–Kier alpha value is -2.96. The summed E-state index contributed by atoms with van der Waals surface area (Å²) in [5, 5.41) is 13.3. The number of nitro benzene ring substituents is 1. The molecule has 0 radical (unpaired) electrons. The van der Waals surface area contributed by atoms with Crippen LogP contribution in [0.2, 0.25) is 0 Å². The average Bonchev–Trinajstić information content (AvgIpc) is 2.41. The molecule has 0 aromatic heterocycles. The van der Waals surface area contributed by atoms with E-state index in [1.165, 1.54) is 30.3 Å². The Balaban J connectivity index is 2.37. The fourth-order valence-corrected chi connectivity index (χ4v) is 1.86. The number of nitrogens with one attached hydrogen (secondary N) is 1. The van der Waals surface area contributed by atoms with E-state index in [-0.39, 0.29) is 16.9 Å². The number of hydrogen-bond donors (Lipinski definition) is 2. The highest BCUT2D eigenvalue weighted by Crippen LogP contribution is 2.27. The number of para-hydroxylation sites is 1. The number of aryl methyl sites for hydroxylation is 1. The summed E-state index contributed by atoms with van der Waals surface area (Å²) in [6.07, 6.45) is 0. The van der Waals surface area contributed by atoms with Crippen LogP contribution in [0.4, 0.5) is 21.5 Å². The molecular formula is C14H12FN3O3. The van der Waals surface area contributed by atoms with Gasteiger partial charge in [-0.3, -0.25) is 14.9 Å². The second kappa shape index (κ2) is 5.58. The number of nitro groups is 1. The quantitative estimate of drug-likeness (QED) is 0.515. The lowest BCUT2D eigenvalue weighted by atomic mass is 10.1. The van der Waals surface area contributed by atoms with Gasteiger partial charge in [0.1, 0.15) is 17.1 Å². The van der Waals surface area contributed by atoms with Crippen molar-refractivity contribution in [3.63, 3.8) is 0 Å². The third-order valence-corrected chi connectivity index (χ3v) is 2.87. The van der Waals surface area contributed by atoms with Crippen molar-refractivity contribution in [3.8, 4) is 0 Å². The average molecular weight is 289 g/mol. The molecule has 0 saturated heterocycles. The highest BCUT2D eigenvalue weighted by atomic mass is 19.1. The number of carbonyl (C=O) groups excluding carboxylic acids is 1. The Morgan fingerprint density at radius 2 is 2.05 bits per heavy atom. The molecule has 2 aromatic rings. The molecule has 0 fully saturated rings. The van der Waals surface area contributed by atoms with E-state index < -0.39 is 22.3 Å². The summed E-state index contributed by atoms with van der Waals surface area (Å²) in [7, 11) is 0. The normalized spacial score (nSPS) is 10.2. The lowest BCUT2D eigenvalue weighted by Crippen LogP contribution is -2.15. The molecule has 0 saturated carbocycles. The van der Waals surface area contributed by atoms with Gasteiger partial charge in [-0.25, -0.2) is 4.39 Å². The first-order chi connectivity index (χ1) is 9.90. The Kier molecular flexibility index (Phi) is 3.84. The molecule has 1 amide bonds. The summed E-state index contributed by atoms with van der Waals surface area (Å²) >= 11 is 0. The lowest BCUT2D eigenvalue weighted by molar-refractivity contribution is -0.384. The third-order valence-electron chi connectivity index (χ3n) is 2.87. The molecule has 2 aromatic carbocycles. The van der Waals surface area contributed by atoms with Crippen molar-refractivity contribution in [1.82, 2.24) is 0 Å². The zero-order valence-corrected chi connectivity index (χ0v) is 11.1. The number of halogens is 1. The largest absolute Gasteiger partial charge is 0.393 e. The van der Waals surface area contributed by atoms with Gasteiger partial charge in [-0.1, -0.05) is 12.1 Å². The van der Waals surface area contributed by atoms with Gasteiger partial charge in [0.25, 0.3) is 5.91 Å². The minimum absolute atomic E-state index is 0.0534. The van der Waals surface area contributed by atoms with E-state index in [0.29, 0.717) is 5.56 Å². The Morgan fingerprint density at radius 3 is 2.67 bits per heavy atom. The topological polar surface area (TPSA) is 98.3 Å². The Morgan fingerprint density at radius 1 is 1.33 bits per heavy atom. The van der Waals surface area contributed by atoms with Crippen LogP contribution in [-0.2, 0) is 0 Å². The number of hydrogen-bond acceptors (Lipinski definition) is 4. The summed E-state index contributed by atoms with van der Waals surface area (Å²) in [6.45, 7) is 1.71. The Bertz CT molecular complexity index is 731. The van der Waals surface area contributed by atoms with E-state index >= 15 is 0 Å². The summed E-state index contributed by atoms with van der Waals surface area (Å²) in [4.78, 5) is 22.3. The van der Waals surface area contributed by atoms with Gasteiger partial charge in [-0.15, -0.1) is 0 Å². The van der Waals surface area contributed by atoms with Crippen molar-refractivity contribution in [2.24, 2.45) is 0 Å². The number of nitrogens with two attached hydrogens (primary N) is 1. The maximum absolute atomic E-state index is 13.7. The van der Waals surface area contributed by atoms with Crippen molar-refractivity contribution >= 4 is 23.0 Å². The molecule has 3 N–H and O–H groups in total. The number of benzene rings is 2. The smallest absolute Gasteiger partial charge is 0.304 e. The van der Waals surface area contributed by atoms with Crippen LogP contribution in [0.5, 0.6) is 0 Å². The van der Waals surface area contributed by atoms with E-state index in [0.717, 1.165) is 0 Å². The zero-order chi connectivity index (χ0) is 15.6. The van der Waals surface area contributed by atoms with Gasteiger partial charge < -0.3 is 11.1 Å². The van der Waals surface area contributed by atoms with E-state index in [9.17, 15) is 19.3 Å². The molecular weight excluding hydrogens is 277 g/mol. The predicted octanol–water partition coefficient (Wildman–Crippen LogP) is 2.88. The summed E-state index contributed by atoms with van der Waals surface area (Å²) < 4.78 is 13.7. The molecule has 0 spiro atoms. The van der Waals surface area contributed by atoms with Crippen LogP contribution >= 0.6 is 0 Å². The van der Waals surface area contributed by atoms with Crippen LogP contribution in [0.3, 0.4) is 0 Å². The lowest BCUT2D eigenvalue weighted by Gasteiger charge is -2.08. The molecule has 0 aliphatic heterocycles. The van der Waals surface area contributed by atoms with Crippen LogP contribution in [0, 0.1) is 22.9 Å². The van der Waals surface area contributed by atoms with Gasteiger partial charge in [0.2, 0.25) is 0 Å². The molecule has 6 nitrogen and oxygen atoms in total. The molecule has 0 bridgehead atoms. The maximum atomic E-state index is 13.7. The fourth-order valence-electron chi connectivity index (χ4n) is 1.86. The zero-order valence-electron chi connectivity index (χ0n) is 11.1. The number of amides is 1. The first-order valence-corrected chi connectivity index (χ1v) is 6.00. The first kappa shape index (κ1) is 14.4. The van der Waals surface area contributed by atoms with Crippen molar-refractivity contribution in [2.75, 3.05) is 11.1 Å². The predicted molar refractivity (Wildman–Crippen MR) is 76.6 cm³/mol. The molecule has 7 heteroatoms. The highest BCUT2D eigenvalue weighted by molar-refractivity contribution is 6.08. The molecule has 0 heterocycles. The van der Waals surface area contributed by atoms with Crippen molar-refractivity contribution < 1.29 is 14.1 Å². The minimum atomic E-state index is -0.795. The van der Waals surface area contributed by atoms with Gasteiger partial charge in [0.05, 0.1) is 10.6 Å². The molecule has 2 rings (SSSR count). The van der Waals surface area contributed by atoms with Crippen molar-refractivity contribution in [2.45, 2.75) is 6.92 Å². The molecule has 0 atom stereocenters. The van der Waals surface area contributed by atoms with Gasteiger partial charge >= 0.3 is 5.69 Å². The number of carbonyl (C=O) groups is 1. The van der Waals surface area contributed by atoms with Gasteiger partial charge in [0, 0.05) is 0 Å². The summed E-state index contributed by atoms with van der Waals surface area (Å²) in [5.41, 5.74) is 5.30. The molecule has 0 aliphatic rings. The van der Waals surface area contributed by atoms with Crippen LogP contribution in [0.15, 0.2) is 36.4 Å². The number of nitrogens with zero attached hydrogens (tertiary/aromatic N) is 1. The van der Waals surface area contributed by atoms with E-state index in [1.54, 1.807) is 13.0 Å². The van der Waals surface area contributed by atoms with Crippen LogP contribution in [-0.4, -0.2) is 10.8 Å². The first-order valence-electron chi connectivity index (χ1n) is 6.00. The SMILES string of the molecule is Cc1ccc(NC(=O)c2cccc(N)c2[N+](=O)[O-])c(F)c1. The minimum Gasteiger partial charge on any atom is -0.393 e. The number of anilines is 2. The number of nitrogen functional groups attached to an aromatic ring is 1. The highest BCUT2D eigenvalue weighted by Gasteiger charge is 2.23. The van der Waals surface area contributed by atoms with Crippen LogP contribution in [0.1, 0.15) is 15.9 Å². The Labute approximate surface area is 119 Å². The summed E-state index contributed by atoms with van der Waals surface area (Å²) in [6, 6.07) is 8.26. The number of rotatable bonds is 3. The fraction of sp³-hybridized carbons (Fsp3) is 0.0714. The van der Waals surface area contributed by atoms with Gasteiger partial charge in [-0.2, -0.15) is 0 Å². The standard InChI is InChI=1S/C14H12FN3O3/c1-8-5-6-12(10(15)7-8)17-14(19)9-3-2-4-11(16)13(9)18(20)21/h2-7H,16H2,1H3,(H,17,19). The van der Waals surface area contributed by atoms with E-state index in [1.807, 2.05) is 0 Å². The third kappa shape index (κ3) is 2.97. The molecule has 0 unspecified atom stereocenters. The van der Waals surface area contributed by atoms with Crippen LogP contribution in [0.25, 0.3) is 0 Å². The van der Waals surface area contributed by atoms with E-state index in [4.69, 9.17) is 5.73 Å². The van der Waals surface area contributed by atoms with E-state index in [2.05, 4.69) is 5.32 Å². The van der Waals surface area contributed by atoms with Gasteiger partial charge in [-0.05, 0) is 36.8 Å². The van der Waals surface area contributed by atoms with Crippen molar-refractivity contribution in [1.29, 1.82) is 0 Å². The second-order valence-electron chi connectivity index (χ2n) is 4.44. The van der Waals surface area contributed by atoms with Crippen LogP contribution < -0.4 is 11.1 Å². The monoisotopic (exact) mass is 289 g/mol.